The van der Waals surface area contributed by atoms with Gasteiger partial charge in [-0.1, -0.05) is 56.7 Å². The average Bonchev–Trinajstić information content (AvgIpc) is 3.08. The van der Waals surface area contributed by atoms with Gasteiger partial charge in [-0.15, -0.1) is 0 Å². The topological polar surface area (TPSA) is 69.7 Å². The summed E-state index contributed by atoms with van der Waals surface area (Å²) in [5.41, 5.74) is 2.30. The van der Waals surface area contributed by atoms with E-state index in [0.29, 0.717) is 31.8 Å². The molecule has 4 atom stereocenters. The number of allylic oxidation sites excluding steroid dienone is 2. The van der Waals surface area contributed by atoms with Gasteiger partial charge in [0, 0.05) is 19.1 Å². The SMILES string of the molecule is CC(C)CC(C(=O)NCc1ccc(CN2CCCCC2C)cc1)N1C(=O)C2CC=CCC2C1=O. The van der Waals surface area contributed by atoms with E-state index < -0.39 is 6.04 Å². The first-order valence-corrected chi connectivity index (χ1v) is 13.0. The third-order valence-electron chi connectivity index (χ3n) is 7.67. The molecule has 1 aromatic rings. The molecule has 184 valence electrons. The predicted octanol–water partition coefficient (Wildman–Crippen LogP) is 4.04. The van der Waals surface area contributed by atoms with Crippen molar-refractivity contribution in [1.82, 2.24) is 15.1 Å². The molecule has 0 spiro atoms. The van der Waals surface area contributed by atoms with Gasteiger partial charge in [-0.2, -0.15) is 0 Å². The molecule has 0 bridgehead atoms. The summed E-state index contributed by atoms with van der Waals surface area (Å²) in [6, 6.07) is 8.29. The summed E-state index contributed by atoms with van der Waals surface area (Å²) in [4.78, 5) is 43.2. The van der Waals surface area contributed by atoms with E-state index in [-0.39, 0.29) is 35.5 Å². The Hall–Kier alpha value is -2.47. The normalized spacial score (nSPS) is 26.1. The molecular formula is C28H39N3O3. The van der Waals surface area contributed by atoms with E-state index >= 15 is 0 Å². The van der Waals surface area contributed by atoms with E-state index in [0.717, 1.165) is 18.7 Å². The van der Waals surface area contributed by atoms with Crippen LogP contribution < -0.4 is 5.32 Å². The standard InChI is InChI=1S/C28H39N3O3/c1-19(2)16-25(31-27(33)23-9-4-5-10-24(23)28(31)34)26(32)29-17-21-11-13-22(14-12-21)18-30-15-7-6-8-20(30)3/h4-5,11-14,19-20,23-25H,6-10,15-18H2,1-3H3,(H,29,32). The molecular weight excluding hydrogens is 426 g/mol. The van der Waals surface area contributed by atoms with E-state index in [4.69, 9.17) is 0 Å². The zero-order valence-electron chi connectivity index (χ0n) is 20.8. The molecule has 4 unspecified atom stereocenters. The number of benzene rings is 1. The van der Waals surface area contributed by atoms with Gasteiger partial charge in [0.05, 0.1) is 11.8 Å². The van der Waals surface area contributed by atoms with Gasteiger partial charge >= 0.3 is 0 Å². The number of hydrogen-bond acceptors (Lipinski definition) is 4. The van der Waals surface area contributed by atoms with Crippen LogP contribution in [0.1, 0.15) is 70.4 Å². The van der Waals surface area contributed by atoms with Crippen molar-refractivity contribution >= 4 is 17.7 Å². The fourth-order valence-electron chi connectivity index (χ4n) is 5.61. The third-order valence-corrected chi connectivity index (χ3v) is 7.67. The number of fused-ring (bicyclic) bond motifs is 1. The zero-order chi connectivity index (χ0) is 24.2. The van der Waals surface area contributed by atoms with Crippen molar-refractivity contribution in [2.75, 3.05) is 6.54 Å². The molecule has 3 aliphatic rings. The van der Waals surface area contributed by atoms with Crippen LogP contribution in [0.4, 0.5) is 0 Å². The monoisotopic (exact) mass is 465 g/mol. The first-order valence-electron chi connectivity index (χ1n) is 13.0. The molecule has 2 aliphatic heterocycles. The van der Waals surface area contributed by atoms with Crippen LogP contribution >= 0.6 is 0 Å². The molecule has 6 heteroatoms. The summed E-state index contributed by atoms with van der Waals surface area (Å²) >= 11 is 0. The maximum atomic E-state index is 13.2. The molecule has 4 rings (SSSR count). The summed E-state index contributed by atoms with van der Waals surface area (Å²) < 4.78 is 0. The Morgan fingerprint density at radius 3 is 2.21 bits per heavy atom. The van der Waals surface area contributed by atoms with Crippen molar-refractivity contribution in [3.8, 4) is 0 Å². The molecule has 0 radical (unpaired) electrons. The number of nitrogens with zero attached hydrogens (tertiary/aromatic N) is 2. The quantitative estimate of drug-likeness (QED) is 0.465. The van der Waals surface area contributed by atoms with Crippen LogP contribution in [0.3, 0.4) is 0 Å². The van der Waals surface area contributed by atoms with Gasteiger partial charge in [0.15, 0.2) is 0 Å². The number of amides is 3. The number of carbonyl (C=O) groups excluding carboxylic acids is 3. The van der Waals surface area contributed by atoms with E-state index in [1.807, 2.05) is 26.0 Å². The minimum atomic E-state index is -0.745. The highest BCUT2D eigenvalue weighted by atomic mass is 16.2. The van der Waals surface area contributed by atoms with Crippen LogP contribution in [-0.4, -0.2) is 46.1 Å². The van der Waals surface area contributed by atoms with Crippen LogP contribution in [0.5, 0.6) is 0 Å². The molecule has 1 aromatic carbocycles. The van der Waals surface area contributed by atoms with Crippen molar-refractivity contribution in [2.24, 2.45) is 17.8 Å². The zero-order valence-corrected chi connectivity index (χ0v) is 20.8. The summed E-state index contributed by atoms with van der Waals surface area (Å²) in [6.07, 6.45) is 9.46. The summed E-state index contributed by atoms with van der Waals surface area (Å²) in [5, 5.41) is 3.00. The van der Waals surface area contributed by atoms with Crippen molar-refractivity contribution < 1.29 is 14.4 Å². The predicted molar refractivity (Wildman–Crippen MR) is 132 cm³/mol. The summed E-state index contributed by atoms with van der Waals surface area (Å²) in [7, 11) is 0. The van der Waals surface area contributed by atoms with Gasteiger partial charge in [-0.3, -0.25) is 24.2 Å². The van der Waals surface area contributed by atoms with Crippen LogP contribution in [0, 0.1) is 17.8 Å². The van der Waals surface area contributed by atoms with Gasteiger partial charge in [0.2, 0.25) is 17.7 Å². The molecule has 2 fully saturated rings. The molecule has 0 saturated carbocycles. The van der Waals surface area contributed by atoms with E-state index in [1.54, 1.807) is 0 Å². The van der Waals surface area contributed by atoms with E-state index in [1.165, 1.54) is 29.7 Å². The molecule has 2 heterocycles. The molecule has 1 aliphatic carbocycles. The Bertz CT molecular complexity index is 897. The minimum Gasteiger partial charge on any atom is -0.350 e. The lowest BCUT2D eigenvalue weighted by Crippen LogP contribution is -2.50. The van der Waals surface area contributed by atoms with Crippen LogP contribution in [0.25, 0.3) is 0 Å². The number of rotatable bonds is 8. The largest absolute Gasteiger partial charge is 0.350 e. The van der Waals surface area contributed by atoms with Gasteiger partial charge in [0.1, 0.15) is 6.04 Å². The maximum Gasteiger partial charge on any atom is 0.243 e. The molecule has 2 saturated heterocycles. The lowest BCUT2D eigenvalue weighted by atomic mass is 9.85. The third kappa shape index (κ3) is 5.43. The molecule has 0 aromatic heterocycles. The highest BCUT2D eigenvalue weighted by Gasteiger charge is 2.51. The number of imide groups is 1. The second kappa shape index (κ2) is 10.9. The highest BCUT2D eigenvalue weighted by Crippen LogP contribution is 2.37. The maximum absolute atomic E-state index is 13.2. The molecule has 6 nitrogen and oxygen atoms in total. The fourth-order valence-corrected chi connectivity index (χ4v) is 5.61. The Balaban J connectivity index is 1.38. The summed E-state index contributed by atoms with van der Waals surface area (Å²) in [5.74, 6) is -1.04. The lowest BCUT2D eigenvalue weighted by Gasteiger charge is -2.33. The number of nitrogens with one attached hydrogen (secondary N) is 1. The first-order chi connectivity index (χ1) is 16.3. The van der Waals surface area contributed by atoms with Crippen molar-refractivity contribution in [2.45, 2.75) is 84.5 Å². The Morgan fingerprint density at radius 2 is 1.62 bits per heavy atom. The minimum absolute atomic E-state index is 0.184. The number of likely N-dealkylation sites (tertiary alicyclic amines) is 2. The molecule has 3 amide bonds. The lowest BCUT2D eigenvalue weighted by molar-refractivity contribution is -0.148. The van der Waals surface area contributed by atoms with Crippen molar-refractivity contribution in [3.63, 3.8) is 0 Å². The Kier molecular flexibility index (Phi) is 7.87. The van der Waals surface area contributed by atoms with Crippen LogP contribution in [-0.2, 0) is 27.5 Å². The van der Waals surface area contributed by atoms with Crippen LogP contribution in [0.15, 0.2) is 36.4 Å². The number of carbonyl (C=O) groups is 3. The second-order valence-corrected chi connectivity index (χ2v) is 10.7. The average molecular weight is 466 g/mol. The van der Waals surface area contributed by atoms with Crippen molar-refractivity contribution in [1.29, 1.82) is 0 Å². The number of piperidine rings is 1. The molecule has 34 heavy (non-hydrogen) atoms. The van der Waals surface area contributed by atoms with Gasteiger partial charge < -0.3 is 5.32 Å². The summed E-state index contributed by atoms with van der Waals surface area (Å²) in [6.45, 7) is 8.84. The van der Waals surface area contributed by atoms with Crippen molar-refractivity contribution in [3.05, 3.63) is 47.5 Å². The Labute approximate surface area is 203 Å². The fraction of sp³-hybridized carbons (Fsp3) is 0.607. The van der Waals surface area contributed by atoms with Gasteiger partial charge in [-0.05, 0) is 62.6 Å². The van der Waals surface area contributed by atoms with Gasteiger partial charge in [-0.25, -0.2) is 0 Å². The smallest absolute Gasteiger partial charge is 0.243 e. The highest BCUT2D eigenvalue weighted by molar-refractivity contribution is 6.08. The molecule has 1 N–H and O–H groups in total. The van der Waals surface area contributed by atoms with E-state index in [9.17, 15) is 14.4 Å². The van der Waals surface area contributed by atoms with Crippen LogP contribution in [0.2, 0.25) is 0 Å². The second-order valence-electron chi connectivity index (χ2n) is 10.7. The van der Waals surface area contributed by atoms with E-state index in [2.05, 4.69) is 41.4 Å². The first kappa shape index (κ1) is 24.6. The number of hydrogen-bond donors (Lipinski definition) is 1. The van der Waals surface area contributed by atoms with Gasteiger partial charge in [0.25, 0.3) is 0 Å². The Morgan fingerprint density at radius 1 is 1.00 bits per heavy atom.